The zero-order valence-electron chi connectivity index (χ0n) is 21.5. The van der Waals surface area contributed by atoms with E-state index in [2.05, 4.69) is 6.92 Å². The number of hydrogen-bond acceptors (Lipinski definition) is 3. The third-order valence-corrected chi connectivity index (χ3v) is 6.07. The number of amides is 1. The zero-order valence-corrected chi connectivity index (χ0v) is 21.5. The quantitative estimate of drug-likeness (QED) is 0.125. The Kier molecular flexibility index (Phi) is 13.8. The predicted octanol–water partition coefficient (Wildman–Crippen LogP) is 7.64. The van der Waals surface area contributed by atoms with E-state index >= 15 is 0 Å². The van der Waals surface area contributed by atoms with E-state index in [1.165, 1.54) is 0 Å². The fraction of sp³-hybridized carbons (Fsp3) is 0.720. The Morgan fingerprint density at radius 2 is 1.46 bits per heavy atom. The molecule has 37 heavy (non-hydrogen) atoms. The van der Waals surface area contributed by atoms with Gasteiger partial charge in [-0.1, -0.05) is 51.9 Å². The van der Waals surface area contributed by atoms with Crippen LogP contribution < -0.4 is 4.90 Å². The molecule has 12 heteroatoms. The first-order valence-electron chi connectivity index (χ1n) is 12.7. The van der Waals surface area contributed by atoms with Gasteiger partial charge in [0.2, 0.25) is 5.91 Å². The Morgan fingerprint density at radius 1 is 0.892 bits per heavy atom. The minimum atomic E-state index is -5.03. The van der Waals surface area contributed by atoms with Gasteiger partial charge in [-0.2, -0.15) is 26.3 Å². The highest BCUT2D eigenvalue weighted by atomic mass is 19.4. The van der Waals surface area contributed by atoms with Crippen LogP contribution in [0.2, 0.25) is 0 Å². The minimum Gasteiger partial charge on any atom is -0.363 e. The van der Waals surface area contributed by atoms with Crippen LogP contribution in [0.4, 0.5) is 37.7 Å². The molecule has 0 aliphatic carbocycles. The van der Waals surface area contributed by atoms with Gasteiger partial charge in [0.1, 0.15) is 12.1 Å². The molecule has 1 aromatic rings. The molecular formula is C25H38F6N3O3+. The summed E-state index contributed by atoms with van der Waals surface area (Å²) >= 11 is 0. The highest BCUT2D eigenvalue weighted by Crippen LogP contribution is 2.38. The molecule has 0 bridgehead atoms. The molecule has 0 spiro atoms. The molecule has 0 aliphatic heterocycles. The fourth-order valence-corrected chi connectivity index (χ4v) is 4.01. The Bertz CT molecular complexity index is 846. The molecule has 0 aromatic heterocycles. The number of halogens is 6. The summed E-state index contributed by atoms with van der Waals surface area (Å²) in [6.45, 7) is 1.31. The van der Waals surface area contributed by atoms with Gasteiger partial charge in [0.15, 0.2) is 0 Å². The van der Waals surface area contributed by atoms with Crippen LogP contribution >= 0.6 is 0 Å². The summed E-state index contributed by atoms with van der Waals surface area (Å²) in [7, 11) is 1.81. The zero-order chi connectivity index (χ0) is 28.1. The predicted molar refractivity (Wildman–Crippen MR) is 129 cm³/mol. The molecule has 0 heterocycles. The molecule has 1 N–H and O–H groups in total. The van der Waals surface area contributed by atoms with Crippen LogP contribution in [0.3, 0.4) is 0 Å². The Morgan fingerprint density at radius 3 is 2.00 bits per heavy atom. The van der Waals surface area contributed by atoms with Crippen molar-refractivity contribution in [1.29, 1.82) is 0 Å². The lowest BCUT2D eigenvalue weighted by molar-refractivity contribution is -0.730. The van der Waals surface area contributed by atoms with Crippen LogP contribution in [0.5, 0.6) is 0 Å². The number of unbranched alkanes of at least 4 members (excludes halogenated alkanes) is 8. The van der Waals surface area contributed by atoms with E-state index in [1.807, 2.05) is 7.05 Å². The first kappa shape index (κ1) is 32.5. The van der Waals surface area contributed by atoms with Gasteiger partial charge in [-0.15, -0.1) is 0 Å². The molecule has 0 fully saturated rings. The second-order valence-electron chi connectivity index (χ2n) is 9.26. The van der Waals surface area contributed by atoms with Crippen LogP contribution in [0.1, 0.15) is 83.1 Å². The van der Waals surface area contributed by atoms with Gasteiger partial charge in [0.25, 0.3) is 4.92 Å². The highest BCUT2D eigenvalue weighted by molar-refractivity contribution is 5.75. The van der Waals surface area contributed by atoms with Crippen molar-refractivity contribution < 1.29 is 41.3 Å². The molecule has 1 amide bonds. The van der Waals surface area contributed by atoms with E-state index in [4.69, 9.17) is 5.21 Å². The minimum absolute atomic E-state index is 0.116. The number of alkyl halides is 6. The number of nitrogens with zero attached hydrogens (tertiary/aromatic N) is 3. The number of rotatable bonds is 17. The Hall–Kier alpha value is -2.53. The molecule has 0 aliphatic rings. The summed E-state index contributed by atoms with van der Waals surface area (Å²) in [5, 5.41) is 8.92. The SMILES string of the molecule is CCCCCN(C)C(=O)CCCCCCCCCN(CC(F)(F)F)c1ccc([N+](=O)O)c(C(F)(F)F)c1. The molecular weight excluding hydrogens is 504 g/mol. The smallest absolute Gasteiger partial charge is 0.363 e. The van der Waals surface area contributed by atoms with Crippen LogP contribution in [0, 0.1) is 4.91 Å². The molecule has 0 radical (unpaired) electrons. The van der Waals surface area contributed by atoms with Crippen molar-refractivity contribution >= 4 is 17.3 Å². The average Bonchev–Trinajstić information content (AvgIpc) is 2.80. The number of carbonyl (C=O) groups is 1. The summed E-state index contributed by atoms with van der Waals surface area (Å²) in [6, 6.07) is 2.06. The standard InChI is InChI=1S/C25H38F6N3O3/c1-3-4-11-16-32(2)23(35)13-10-8-6-5-7-9-12-17-33(19-24(26,27)28)20-14-15-22(34(36)37)21(18-20)25(29,30)31/h14-15,18H,3-13,16-17,19H2,1-2H3,(H,36,37)/q+1. The Balaban J connectivity index is 2.50. The highest BCUT2D eigenvalue weighted by Gasteiger charge is 2.41. The van der Waals surface area contributed by atoms with Crippen LogP contribution in [-0.4, -0.2) is 53.8 Å². The normalized spacial score (nSPS) is 12.0. The third kappa shape index (κ3) is 13.0. The lowest BCUT2D eigenvalue weighted by atomic mass is 10.1. The van der Waals surface area contributed by atoms with Crippen molar-refractivity contribution in [2.75, 3.05) is 31.6 Å². The number of hydrogen-bond donors (Lipinski definition) is 1. The van der Waals surface area contributed by atoms with Crippen LogP contribution in [0.25, 0.3) is 0 Å². The van der Waals surface area contributed by atoms with E-state index in [1.54, 1.807) is 4.90 Å². The maximum atomic E-state index is 13.3. The van der Waals surface area contributed by atoms with E-state index < -0.39 is 35.1 Å². The molecule has 1 rings (SSSR count). The van der Waals surface area contributed by atoms with Gasteiger partial charge >= 0.3 is 18.0 Å². The lowest BCUT2D eigenvalue weighted by Gasteiger charge is -2.26. The van der Waals surface area contributed by atoms with Gasteiger partial charge in [-0.25, -0.2) is 5.21 Å². The number of benzene rings is 1. The largest absolute Gasteiger partial charge is 0.423 e. The van der Waals surface area contributed by atoms with Crippen molar-refractivity contribution in [1.82, 2.24) is 4.90 Å². The van der Waals surface area contributed by atoms with E-state index in [9.17, 15) is 36.0 Å². The second kappa shape index (κ2) is 15.7. The van der Waals surface area contributed by atoms with Gasteiger partial charge in [-0.05, 0) is 31.4 Å². The summed E-state index contributed by atoms with van der Waals surface area (Å²) < 4.78 is 79.1. The number of anilines is 1. The second-order valence-corrected chi connectivity index (χ2v) is 9.26. The van der Waals surface area contributed by atoms with Crippen molar-refractivity contribution in [2.24, 2.45) is 0 Å². The van der Waals surface area contributed by atoms with Gasteiger partial charge in [0.05, 0.1) is 4.91 Å². The fourth-order valence-electron chi connectivity index (χ4n) is 4.01. The average molecular weight is 543 g/mol. The van der Waals surface area contributed by atoms with Crippen molar-refractivity contribution in [2.45, 2.75) is 89.9 Å². The van der Waals surface area contributed by atoms with E-state index in [-0.39, 0.29) is 18.1 Å². The maximum Gasteiger partial charge on any atom is 0.423 e. The molecule has 6 nitrogen and oxygen atoms in total. The molecule has 0 unspecified atom stereocenters. The molecule has 212 valence electrons. The van der Waals surface area contributed by atoms with E-state index in [0.717, 1.165) is 68.9 Å². The van der Waals surface area contributed by atoms with Crippen LogP contribution in [-0.2, 0) is 11.0 Å². The topological polar surface area (TPSA) is 63.9 Å². The van der Waals surface area contributed by atoms with Crippen molar-refractivity contribution in [3.05, 3.63) is 28.7 Å². The Labute approximate surface area is 214 Å². The summed E-state index contributed by atoms with van der Waals surface area (Å²) in [6.07, 6.45) is -0.893. The van der Waals surface area contributed by atoms with Crippen LogP contribution in [0.15, 0.2) is 18.2 Å². The van der Waals surface area contributed by atoms with Gasteiger partial charge < -0.3 is 9.80 Å². The molecule has 0 saturated heterocycles. The summed E-state index contributed by atoms with van der Waals surface area (Å²) in [5.41, 5.74) is -2.94. The van der Waals surface area contributed by atoms with Crippen molar-refractivity contribution in [3.63, 3.8) is 0 Å². The van der Waals surface area contributed by atoms with E-state index in [0.29, 0.717) is 31.4 Å². The maximum absolute atomic E-state index is 13.3. The molecule has 0 saturated carbocycles. The summed E-state index contributed by atoms with van der Waals surface area (Å²) in [5.74, 6) is 0.129. The lowest BCUT2D eigenvalue weighted by Crippen LogP contribution is -2.35. The van der Waals surface area contributed by atoms with Gasteiger partial charge in [-0.3, -0.25) is 4.79 Å². The third-order valence-electron chi connectivity index (χ3n) is 6.07. The first-order valence-corrected chi connectivity index (χ1v) is 12.7. The summed E-state index contributed by atoms with van der Waals surface area (Å²) in [4.78, 5) is 24.7. The van der Waals surface area contributed by atoms with Gasteiger partial charge in [0, 0.05) is 38.3 Å². The monoisotopic (exact) mass is 542 g/mol. The number of carbonyl (C=O) groups excluding carboxylic acids is 1. The molecule has 1 aromatic carbocycles. The van der Waals surface area contributed by atoms with Crippen molar-refractivity contribution in [3.8, 4) is 0 Å². The first-order chi connectivity index (χ1) is 17.3. The molecule has 0 atom stereocenters.